The van der Waals surface area contributed by atoms with E-state index in [1.165, 1.54) is 0 Å². The number of nitriles is 3. The molecular formula is C22H24N4O2. The molecule has 3 heterocycles. The lowest BCUT2D eigenvalue weighted by atomic mass is 9.43. The zero-order chi connectivity index (χ0) is 19.9. The number of hydrogen-bond acceptors (Lipinski definition) is 6. The Balaban J connectivity index is 1.74. The highest BCUT2D eigenvalue weighted by Gasteiger charge is 2.81. The minimum absolute atomic E-state index is 0.107. The molecule has 4 bridgehead atoms. The van der Waals surface area contributed by atoms with Gasteiger partial charge in [0.25, 0.3) is 0 Å². The molecule has 7 aliphatic rings. The van der Waals surface area contributed by atoms with E-state index in [1.54, 1.807) is 0 Å². The van der Waals surface area contributed by atoms with Crippen molar-refractivity contribution in [3.05, 3.63) is 11.6 Å². The van der Waals surface area contributed by atoms with Crippen LogP contribution in [0.5, 0.6) is 0 Å². The molecule has 5 fully saturated rings. The number of nitrogens with one attached hydrogen (secondary N) is 1. The van der Waals surface area contributed by atoms with E-state index in [4.69, 9.17) is 14.9 Å². The van der Waals surface area contributed by atoms with Crippen LogP contribution >= 0.6 is 0 Å². The maximum absolute atomic E-state index is 10.4. The van der Waals surface area contributed by atoms with Crippen LogP contribution in [-0.2, 0) is 9.47 Å². The van der Waals surface area contributed by atoms with Gasteiger partial charge in [-0.3, -0.25) is 5.41 Å². The molecule has 7 rings (SSSR count). The van der Waals surface area contributed by atoms with Crippen molar-refractivity contribution in [3.8, 4) is 18.2 Å². The van der Waals surface area contributed by atoms with Crippen molar-refractivity contribution in [2.75, 3.05) is 0 Å². The number of ether oxygens (including phenoxy) is 2. The largest absolute Gasteiger partial charge is 0.447 e. The molecule has 0 radical (unpaired) electrons. The highest BCUT2D eigenvalue weighted by molar-refractivity contribution is 5.89. The van der Waals surface area contributed by atoms with Crippen molar-refractivity contribution < 1.29 is 9.47 Å². The third-order valence-corrected chi connectivity index (χ3v) is 8.63. The highest BCUT2D eigenvalue weighted by atomic mass is 16.7. The van der Waals surface area contributed by atoms with Crippen molar-refractivity contribution in [1.29, 1.82) is 21.2 Å². The molecule has 6 nitrogen and oxygen atoms in total. The zero-order valence-corrected chi connectivity index (χ0v) is 16.3. The average Bonchev–Trinajstić information content (AvgIpc) is 2.71. The monoisotopic (exact) mass is 376 g/mol. The van der Waals surface area contributed by atoms with Gasteiger partial charge in [-0.2, -0.15) is 15.8 Å². The number of allylic oxidation sites excluding steroid dienone is 1. The summed E-state index contributed by atoms with van der Waals surface area (Å²) in [5.41, 5.74) is -2.24. The van der Waals surface area contributed by atoms with Crippen molar-refractivity contribution in [1.82, 2.24) is 0 Å². The average molecular weight is 376 g/mol. The van der Waals surface area contributed by atoms with E-state index in [1.807, 2.05) is 0 Å². The van der Waals surface area contributed by atoms with Crippen LogP contribution in [0.3, 0.4) is 0 Å². The SMILES string of the molecule is CC1(C)[C@@H]2CC=C([C@H]3O[C@@]45CCCC[C@@H]4C(C#N)(C#N)[C@]3(C#N)C(=N)O5)[C@@H]1C2. The molecule has 144 valence electrons. The predicted molar refractivity (Wildman–Crippen MR) is 98.2 cm³/mol. The normalized spacial score (nSPS) is 46.5. The van der Waals surface area contributed by atoms with Gasteiger partial charge in [0, 0.05) is 6.42 Å². The van der Waals surface area contributed by atoms with Crippen molar-refractivity contribution in [3.63, 3.8) is 0 Å². The lowest BCUT2D eigenvalue weighted by Crippen LogP contribution is -2.76. The molecule has 0 aromatic heterocycles. The standard InChI is InChI=1S/C22H24N4O2/c1-19(2)13-6-7-14(15(19)9-13)17-21(12-25)18(26)28-22(27-17)8-4-3-5-16(22)20(21,10-23)11-24/h7,13,15-17,26H,3-6,8-9H2,1-2H3/t13-,15+,16-,17-,21+,22-/m1/s1. The molecule has 0 amide bonds. The predicted octanol–water partition coefficient (Wildman–Crippen LogP) is 3.82. The zero-order valence-electron chi connectivity index (χ0n) is 16.3. The third kappa shape index (κ3) is 1.61. The van der Waals surface area contributed by atoms with Gasteiger partial charge < -0.3 is 9.47 Å². The first-order chi connectivity index (χ1) is 13.3. The van der Waals surface area contributed by atoms with E-state index in [9.17, 15) is 15.8 Å². The Morgan fingerprint density at radius 2 is 1.89 bits per heavy atom. The van der Waals surface area contributed by atoms with E-state index >= 15 is 0 Å². The Hall–Kier alpha value is -2.36. The summed E-state index contributed by atoms with van der Waals surface area (Å²) in [5, 5.41) is 39.6. The van der Waals surface area contributed by atoms with Crippen molar-refractivity contribution >= 4 is 5.90 Å². The van der Waals surface area contributed by atoms with E-state index in [2.05, 4.69) is 38.1 Å². The Morgan fingerprint density at radius 1 is 1.14 bits per heavy atom. The van der Waals surface area contributed by atoms with E-state index in [-0.39, 0.29) is 17.2 Å². The second-order valence-electron chi connectivity index (χ2n) is 9.74. The molecule has 1 spiro atoms. The van der Waals surface area contributed by atoms with E-state index < -0.39 is 28.6 Å². The lowest BCUT2D eigenvalue weighted by molar-refractivity contribution is -0.352. The van der Waals surface area contributed by atoms with Gasteiger partial charge in [0.05, 0.1) is 24.1 Å². The molecule has 0 aromatic rings. The van der Waals surface area contributed by atoms with Crippen LogP contribution in [0.15, 0.2) is 11.6 Å². The van der Waals surface area contributed by atoms with Gasteiger partial charge in [-0.15, -0.1) is 0 Å². The molecule has 28 heavy (non-hydrogen) atoms. The first-order valence-corrected chi connectivity index (χ1v) is 10.2. The number of fused-ring (bicyclic) bond motifs is 4. The van der Waals surface area contributed by atoms with Crippen LogP contribution in [0.4, 0.5) is 0 Å². The topological polar surface area (TPSA) is 114 Å². The lowest BCUT2D eigenvalue weighted by Gasteiger charge is -2.66. The highest BCUT2D eigenvalue weighted by Crippen LogP contribution is 2.69. The Kier molecular flexibility index (Phi) is 3.27. The maximum Gasteiger partial charge on any atom is 0.218 e. The van der Waals surface area contributed by atoms with Gasteiger partial charge in [-0.1, -0.05) is 26.3 Å². The molecule has 6 heteroatoms. The molecule has 4 aliphatic carbocycles. The van der Waals surface area contributed by atoms with Crippen molar-refractivity contribution in [2.45, 2.75) is 64.3 Å². The number of hydrogen-bond donors (Lipinski definition) is 1. The minimum atomic E-state index is -1.72. The van der Waals surface area contributed by atoms with Gasteiger partial charge in [0.2, 0.25) is 11.7 Å². The summed E-state index contributed by atoms with van der Waals surface area (Å²) in [6, 6.07) is 6.67. The number of nitrogens with zero attached hydrogens (tertiary/aromatic N) is 3. The summed E-state index contributed by atoms with van der Waals surface area (Å²) in [6.07, 6.45) is 6.21. The smallest absolute Gasteiger partial charge is 0.218 e. The quantitative estimate of drug-likeness (QED) is 0.699. The summed E-state index contributed by atoms with van der Waals surface area (Å²) in [4.78, 5) is 0. The Morgan fingerprint density at radius 3 is 2.50 bits per heavy atom. The molecule has 3 saturated heterocycles. The van der Waals surface area contributed by atoms with Gasteiger partial charge in [0.15, 0.2) is 10.8 Å². The number of rotatable bonds is 1. The van der Waals surface area contributed by atoms with Crippen LogP contribution in [-0.4, -0.2) is 17.8 Å². The van der Waals surface area contributed by atoms with Gasteiger partial charge in [0.1, 0.15) is 6.10 Å². The summed E-state index contributed by atoms with van der Waals surface area (Å²) >= 11 is 0. The van der Waals surface area contributed by atoms with Gasteiger partial charge >= 0.3 is 0 Å². The van der Waals surface area contributed by atoms with Crippen LogP contribution in [0.2, 0.25) is 0 Å². The summed E-state index contributed by atoms with van der Waals surface area (Å²) < 4.78 is 12.5. The van der Waals surface area contributed by atoms with Gasteiger partial charge in [-0.25, -0.2) is 0 Å². The van der Waals surface area contributed by atoms with Crippen LogP contribution in [0.1, 0.15) is 52.4 Å². The first kappa shape index (κ1) is 17.7. The molecule has 6 atom stereocenters. The summed E-state index contributed by atoms with van der Waals surface area (Å²) in [6.45, 7) is 4.48. The Bertz CT molecular complexity index is 918. The minimum Gasteiger partial charge on any atom is -0.447 e. The fourth-order valence-corrected chi connectivity index (χ4v) is 6.83. The van der Waals surface area contributed by atoms with Gasteiger partial charge in [-0.05, 0) is 48.5 Å². The van der Waals surface area contributed by atoms with Crippen LogP contribution < -0.4 is 0 Å². The molecule has 0 unspecified atom stereocenters. The van der Waals surface area contributed by atoms with Crippen LogP contribution in [0.25, 0.3) is 0 Å². The first-order valence-electron chi connectivity index (χ1n) is 10.2. The molecule has 2 saturated carbocycles. The van der Waals surface area contributed by atoms with E-state index in [0.717, 1.165) is 31.3 Å². The van der Waals surface area contributed by atoms with E-state index in [0.29, 0.717) is 18.8 Å². The summed E-state index contributed by atoms with van der Waals surface area (Å²) in [5.74, 6) is -1.04. The second-order valence-corrected chi connectivity index (χ2v) is 9.74. The Labute approximate surface area is 165 Å². The third-order valence-electron chi connectivity index (χ3n) is 8.63. The fourth-order valence-electron chi connectivity index (χ4n) is 6.83. The van der Waals surface area contributed by atoms with Crippen molar-refractivity contribution in [2.24, 2.45) is 34.0 Å². The fraction of sp³-hybridized carbons (Fsp3) is 0.727. The van der Waals surface area contributed by atoms with Crippen LogP contribution in [0, 0.1) is 73.4 Å². The molecule has 1 N–H and O–H groups in total. The summed E-state index contributed by atoms with van der Waals surface area (Å²) in [7, 11) is 0. The maximum atomic E-state index is 10.4. The molecule has 0 aromatic carbocycles. The second kappa shape index (κ2) is 5.16. The molecular weight excluding hydrogens is 352 g/mol. The molecule has 3 aliphatic heterocycles.